The minimum absolute atomic E-state index is 0.0388. The monoisotopic (exact) mass is 268 g/mol. The molecule has 0 aliphatic carbocycles. The van der Waals surface area contributed by atoms with Gasteiger partial charge in [-0.3, -0.25) is 10.6 Å². The van der Waals surface area contributed by atoms with E-state index in [9.17, 15) is 4.79 Å². The molecule has 0 spiro atoms. The van der Waals surface area contributed by atoms with Crippen LogP contribution >= 0.6 is 0 Å². The molecule has 0 fully saturated rings. The van der Waals surface area contributed by atoms with Gasteiger partial charge in [-0.1, -0.05) is 24.3 Å². The van der Waals surface area contributed by atoms with Crippen LogP contribution in [0.2, 0.25) is 0 Å². The Bertz CT molecular complexity index is 624. The van der Waals surface area contributed by atoms with Crippen LogP contribution in [0.25, 0.3) is 0 Å². The van der Waals surface area contributed by atoms with Crippen LogP contribution in [0.5, 0.6) is 0 Å². The van der Waals surface area contributed by atoms with Crippen LogP contribution in [0, 0.1) is 0 Å². The van der Waals surface area contributed by atoms with Gasteiger partial charge in [0.05, 0.1) is 11.9 Å². The Balaban J connectivity index is 1.78. The molecule has 0 bridgehead atoms. The molecule has 0 saturated carbocycles. The molecular weight excluding hydrogens is 252 g/mol. The first kappa shape index (κ1) is 12.6. The average molecular weight is 268 g/mol. The lowest BCUT2D eigenvalue weighted by atomic mass is 10.00. The summed E-state index contributed by atoms with van der Waals surface area (Å²) >= 11 is 0. The highest BCUT2D eigenvalue weighted by atomic mass is 16.2. The number of nitrogens with zero attached hydrogens (tertiary/aromatic N) is 2. The van der Waals surface area contributed by atoms with Gasteiger partial charge in [0.2, 0.25) is 0 Å². The van der Waals surface area contributed by atoms with Gasteiger partial charge in [0, 0.05) is 13.1 Å². The summed E-state index contributed by atoms with van der Waals surface area (Å²) in [7, 11) is 0. The van der Waals surface area contributed by atoms with Gasteiger partial charge in [0.1, 0.15) is 5.69 Å². The number of nitrogens with one attached hydrogen (secondary N) is 1. The van der Waals surface area contributed by atoms with Crippen molar-refractivity contribution in [1.82, 2.24) is 9.88 Å². The molecule has 2 aromatic rings. The molecule has 0 saturated heterocycles. The van der Waals surface area contributed by atoms with Crippen molar-refractivity contribution >= 4 is 11.6 Å². The summed E-state index contributed by atoms with van der Waals surface area (Å²) in [6.07, 6.45) is 2.45. The number of aromatic nitrogens is 1. The number of hydrogen-bond acceptors (Lipinski definition) is 4. The highest BCUT2D eigenvalue weighted by molar-refractivity contribution is 5.92. The van der Waals surface area contributed by atoms with Crippen molar-refractivity contribution < 1.29 is 4.79 Å². The molecule has 1 aliphatic heterocycles. The van der Waals surface area contributed by atoms with E-state index in [1.165, 1.54) is 11.1 Å². The predicted molar refractivity (Wildman–Crippen MR) is 76.9 cm³/mol. The fourth-order valence-corrected chi connectivity index (χ4v) is 2.44. The smallest absolute Gasteiger partial charge is 0.272 e. The molecule has 1 aliphatic rings. The van der Waals surface area contributed by atoms with Gasteiger partial charge in [-0.15, -0.1) is 0 Å². The molecule has 102 valence electrons. The molecule has 5 heteroatoms. The number of amides is 1. The van der Waals surface area contributed by atoms with E-state index in [0.717, 1.165) is 13.0 Å². The highest BCUT2D eigenvalue weighted by Gasteiger charge is 2.22. The molecule has 20 heavy (non-hydrogen) atoms. The number of hydrogen-bond donors (Lipinski definition) is 2. The minimum atomic E-state index is -0.0388. The Labute approximate surface area is 117 Å². The molecule has 3 rings (SSSR count). The van der Waals surface area contributed by atoms with Crippen molar-refractivity contribution in [2.75, 3.05) is 12.0 Å². The summed E-state index contributed by atoms with van der Waals surface area (Å²) in [6.45, 7) is 1.38. The van der Waals surface area contributed by atoms with Crippen LogP contribution in [0.1, 0.15) is 21.6 Å². The second-order valence-corrected chi connectivity index (χ2v) is 4.82. The Morgan fingerprint density at radius 3 is 2.70 bits per heavy atom. The SMILES string of the molecule is NNc1ccc(C(=O)N2CCc3ccccc3C2)nc1. The highest BCUT2D eigenvalue weighted by Crippen LogP contribution is 2.20. The predicted octanol–water partition coefficient (Wildman–Crippen LogP) is 1.57. The number of anilines is 1. The largest absolute Gasteiger partial charge is 0.333 e. The maximum atomic E-state index is 12.4. The van der Waals surface area contributed by atoms with E-state index in [0.29, 0.717) is 17.9 Å². The Morgan fingerprint density at radius 2 is 2.00 bits per heavy atom. The second kappa shape index (κ2) is 5.30. The first-order chi connectivity index (χ1) is 9.78. The summed E-state index contributed by atoms with van der Waals surface area (Å²) < 4.78 is 0. The van der Waals surface area contributed by atoms with E-state index < -0.39 is 0 Å². The molecule has 1 aromatic heterocycles. The Morgan fingerprint density at radius 1 is 1.20 bits per heavy atom. The van der Waals surface area contributed by atoms with Gasteiger partial charge in [-0.05, 0) is 29.7 Å². The lowest BCUT2D eigenvalue weighted by Crippen LogP contribution is -2.36. The van der Waals surface area contributed by atoms with E-state index in [4.69, 9.17) is 5.84 Å². The summed E-state index contributed by atoms with van der Waals surface area (Å²) in [5.41, 5.74) is 6.17. The summed E-state index contributed by atoms with van der Waals surface area (Å²) in [6, 6.07) is 11.7. The first-order valence-electron chi connectivity index (χ1n) is 6.56. The lowest BCUT2D eigenvalue weighted by molar-refractivity contribution is 0.0729. The third-order valence-electron chi connectivity index (χ3n) is 3.57. The number of nitrogen functional groups attached to an aromatic ring is 1. The molecule has 0 atom stereocenters. The molecule has 0 radical (unpaired) electrons. The van der Waals surface area contributed by atoms with Crippen molar-refractivity contribution in [3.63, 3.8) is 0 Å². The molecule has 3 N–H and O–H groups in total. The van der Waals surface area contributed by atoms with E-state index in [1.54, 1.807) is 18.3 Å². The van der Waals surface area contributed by atoms with Gasteiger partial charge in [-0.2, -0.15) is 0 Å². The minimum Gasteiger partial charge on any atom is -0.333 e. The van der Waals surface area contributed by atoms with E-state index in [-0.39, 0.29) is 5.91 Å². The standard InChI is InChI=1S/C15H16N4O/c16-18-13-5-6-14(17-9-13)15(20)19-8-7-11-3-1-2-4-12(11)10-19/h1-6,9,18H,7-8,10,16H2. The van der Waals surface area contributed by atoms with E-state index in [2.05, 4.69) is 22.5 Å². The number of benzene rings is 1. The van der Waals surface area contributed by atoms with Crippen molar-refractivity contribution in [3.05, 3.63) is 59.4 Å². The molecule has 1 amide bonds. The number of carbonyl (C=O) groups excluding carboxylic acids is 1. The van der Waals surface area contributed by atoms with Crippen molar-refractivity contribution in [1.29, 1.82) is 0 Å². The van der Waals surface area contributed by atoms with Crippen LogP contribution in [-0.2, 0) is 13.0 Å². The van der Waals surface area contributed by atoms with Crippen LogP contribution in [0.4, 0.5) is 5.69 Å². The van der Waals surface area contributed by atoms with Gasteiger partial charge < -0.3 is 10.3 Å². The summed E-state index contributed by atoms with van der Waals surface area (Å²) in [5, 5.41) is 0. The number of nitrogens with two attached hydrogens (primary N) is 1. The second-order valence-electron chi connectivity index (χ2n) is 4.82. The maximum absolute atomic E-state index is 12.4. The number of rotatable bonds is 2. The first-order valence-corrected chi connectivity index (χ1v) is 6.56. The fourth-order valence-electron chi connectivity index (χ4n) is 2.44. The molecular formula is C15H16N4O. The van der Waals surface area contributed by atoms with Gasteiger partial charge in [0.15, 0.2) is 0 Å². The van der Waals surface area contributed by atoms with E-state index in [1.807, 2.05) is 17.0 Å². The number of hydrazine groups is 1. The van der Waals surface area contributed by atoms with Crippen molar-refractivity contribution in [3.8, 4) is 0 Å². The molecule has 2 heterocycles. The van der Waals surface area contributed by atoms with Gasteiger partial charge in [-0.25, -0.2) is 4.98 Å². The molecule has 5 nitrogen and oxygen atoms in total. The molecule has 1 aromatic carbocycles. The normalized spacial score (nSPS) is 13.8. The Kier molecular flexibility index (Phi) is 3.35. The molecule has 0 unspecified atom stereocenters. The maximum Gasteiger partial charge on any atom is 0.272 e. The number of fused-ring (bicyclic) bond motifs is 1. The number of pyridine rings is 1. The third-order valence-corrected chi connectivity index (χ3v) is 3.57. The van der Waals surface area contributed by atoms with Crippen LogP contribution < -0.4 is 11.3 Å². The van der Waals surface area contributed by atoms with E-state index >= 15 is 0 Å². The topological polar surface area (TPSA) is 71.2 Å². The fraction of sp³-hybridized carbons (Fsp3) is 0.200. The zero-order chi connectivity index (χ0) is 13.9. The zero-order valence-corrected chi connectivity index (χ0v) is 11.0. The summed E-state index contributed by atoms with van der Waals surface area (Å²) in [5.74, 6) is 5.25. The Hall–Kier alpha value is -2.40. The average Bonchev–Trinajstić information content (AvgIpc) is 2.54. The van der Waals surface area contributed by atoms with Crippen LogP contribution in [0.15, 0.2) is 42.6 Å². The van der Waals surface area contributed by atoms with Gasteiger partial charge in [0.25, 0.3) is 5.91 Å². The van der Waals surface area contributed by atoms with Crippen LogP contribution in [0.3, 0.4) is 0 Å². The van der Waals surface area contributed by atoms with Crippen molar-refractivity contribution in [2.24, 2.45) is 5.84 Å². The zero-order valence-electron chi connectivity index (χ0n) is 11.0. The van der Waals surface area contributed by atoms with Crippen molar-refractivity contribution in [2.45, 2.75) is 13.0 Å². The van der Waals surface area contributed by atoms with Gasteiger partial charge >= 0.3 is 0 Å². The number of carbonyl (C=O) groups is 1. The quantitative estimate of drug-likeness (QED) is 0.640. The summed E-state index contributed by atoms with van der Waals surface area (Å²) in [4.78, 5) is 18.4. The third kappa shape index (κ3) is 2.35. The van der Waals surface area contributed by atoms with Crippen LogP contribution in [-0.4, -0.2) is 22.3 Å². The lowest BCUT2D eigenvalue weighted by Gasteiger charge is -2.28.